The number of benzene rings is 3. The highest BCUT2D eigenvalue weighted by Crippen LogP contribution is 2.36. The lowest BCUT2D eigenvalue weighted by Gasteiger charge is -2.33. The van der Waals surface area contributed by atoms with Gasteiger partial charge in [0.15, 0.2) is 0 Å². The highest BCUT2D eigenvalue weighted by Gasteiger charge is 2.35. The third-order valence-corrected chi connectivity index (χ3v) is 10.1. The first kappa shape index (κ1) is 33.7. The van der Waals surface area contributed by atoms with Gasteiger partial charge in [0.2, 0.25) is 11.8 Å². The number of nitrogens with one attached hydrogen (secondary N) is 1. The number of ether oxygens (including phenoxy) is 1. The first-order valence-corrected chi connectivity index (χ1v) is 16.4. The number of carbonyl (C=O) groups is 2. The van der Waals surface area contributed by atoms with Crippen LogP contribution >= 0.6 is 11.6 Å². The number of nitro benzene ring substituents is 1. The number of methoxy groups -OCH3 is 1. The summed E-state index contributed by atoms with van der Waals surface area (Å²) >= 11 is 6.28. The van der Waals surface area contributed by atoms with Gasteiger partial charge in [0.25, 0.3) is 15.7 Å². The van der Waals surface area contributed by atoms with E-state index in [4.69, 9.17) is 16.3 Å². The van der Waals surface area contributed by atoms with E-state index >= 15 is 0 Å². The van der Waals surface area contributed by atoms with Crippen LogP contribution < -0.4 is 14.4 Å². The molecule has 45 heavy (non-hydrogen) atoms. The molecule has 0 spiro atoms. The van der Waals surface area contributed by atoms with Crippen molar-refractivity contribution in [2.45, 2.75) is 70.0 Å². The molecule has 3 aromatic rings. The molecule has 1 aliphatic carbocycles. The van der Waals surface area contributed by atoms with Gasteiger partial charge in [-0.2, -0.15) is 0 Å². The topological polar surface area (TPSA) is 139 Å². The minimum absolute atomic E-state index is 0.0142. The standard InChI is InChI=1S/C32H37ClN4O7S/c1-21-9-5-6-10-24(21)19-35(23(3)32(39)34-26-11-7-8-12-26)31(38)20-36(29-17-25(33)14-16-30(29)44-4)45(42,43)27-15-13-22(2)28(18-27)37(40)41/h5-6,9-10,13-18,23,26H,7-8,11-12,19-20H2,1-4H3,(H,34,39)/t23-/m0/s1. The number of amides is 2. The van der Waals surface area contributed by atoms with Gasteiger partial charge in [0.05, 0.1) is 22.6 Å². The number of aryl methyl sites for hydroxylation is 2. The van der Waals surface area contributed by atoms with Gasteiger partial charge in [-0.25, -0.2) is 8.42 Å². The molecular weight excluding hydrogens is 620 g/mol. The maximum absolute atomic E-state index is 14.3. The van der Waals surface area contributed by atoms with Crippen LogP contribution in [0.1, 0.15) is 49.3 Å². The van der Waals surface area contributed by atoms with Crippen LogP contribution in [0.15, 0.2) is 65.6 Å². The molecule has 2 amide bonds. The monoisotopic (exact) mass is 656 g/mol. The van der Waals surface area contributed by atoms with Crippen LogP contribution in [0.3, 0.4) is 0 Å². The molecule has 13 heteroatoms. The summed E-state index contributed by atoms with van der Waals surface area (Å²) in [6.45, 7) is 4.30. The molecule has 1 atom stereocenters. The lowest BCUT2D eigenvalue weighted by Crippen LogP contribution is -2.52. The summed E-state index contributed by atoms with van der Waals surface area (Å²) in [6.07, 6.45) is 3.73. The zero-order valence-corrected chi connectivity index (χ0v) is 27.2. The maximum atomic E-state index is 14.3. The van der Waals surface area contributed by atoms with Crippen molar-refractivity contribution in [3.8, 4) is 5.75 Å². The van der Waals surface area contributed by atoms with Gasteiger partial charge in [-0.3, -0.25) is 24.0 Å². The summed E-state index contributed by atoms with van der Waals surface area (Å²) in [5, 5.41) is 14.9. The van der Waals surface area contributed by atoms with E-state index in [1.54, 1.807) is 6.92 Å². The van der Waals surface area contributed by atoms with Crippen LogP contribution in [0.4, 0.5) is 11.4 Å². The van der Waals surface area contributed by atoms with E-state index in [1.807, 2.05) is 31.2 Å². The summed E-state index contributed by atoms with van der Waals surface area (Å²) in [5.74, 6) is -0.901. The Balaban J connectivity index is 1.79. The molecule has 0 radical (unpaired) electrons. The predicted molar refractivity (Wildman–Crippen MR) is 172 cm³/mol. The Kier molecular flexibility index (Phi) is 10.7. The summed E-state index contributed by atoms with van der Waals surface area (Å²) in [6, 6.07) is 14.3. The van der Waals surface area contributed by atoms with Gasteiger partial charge in [-0.05, 0) is 69.0 Å². The number of nitro groups is 1. The number of carbonyl (C=O) groups excluding carboxylic acids is 2. The summed E-state index contributed by atoms with van der Waals surface area (Å²) in [5.41, 5.74) is 1.52. The smallest absolute Gasteiger partial charge is 0.273 e. The van der Waals surface area contributed by atoms with Crippen molar-refractivity contribution in [3.05, 3.63) is 92.5 Å². The Morgan fingerprint density at radius 1 is 1.07 bits per heavy atom. The molecule has 240 valence electrons. The Bertz CT molecular complexity index is 1690. The molecule has 4 rings (SSSR count). The van der Waals surface area contributed by atoms with E-state index in [1.165, 1.54) is 49.3 Å². The lowest BCUT2D eigenvalue weighted by molar-refractivity contribution is -0.385. The van der Waals surface area contributed by atoms with Crippen LogP contribution in [0.5, 0.6) is 5.75 Å². The second-order valence-corrected chi connectivity index (χ2v) is 13.4. The third kappa shape index (κ3) is 7.74. The van der Waals surface area contributed by atoms with Gasteiger partial charge >= 0.3 is 0 Å². The van der Waals surface area contributed by atoms with E-state index in [9.17, 15) is 28.1 Å². The fourth-order valence-electron chi connectivity index (χ4n) is 5.39. The van der Waals surface area contributed by atoms with Crippen LogP contribution in [-0.4, -0.2) is 55.8 Å². The molecule has 0 aliphatic heterocycles. The number of hydrogen-bond donors (Lipinski definition) is 1. The Morgan fingerprint density at radius 3 is 2.40 bits per heavy atom. The normalized spacial score (nSPS) is 14.1. The van der Waals surface area contributed by atoms with E-state index in [2.05, 4.69) is 5.32 Å². The van der Waals surface area contributed by atoms with Crippen LogP contribution in [0.25, 0.3) is 0 Å². The van der Waals surface area contributed by atoms with E-state index in [0.717, 1.165) is 47.2 Å². The predicted octanol–water partition coefficient (Wildman–Crippen LogP) is 5.55. The van der Waals surface area contributed by atoms with Crippen molar-refractivity contribution >= 4 is 44.8 Å². The highest BCUT2D eigenvalue weighted by molar-refractivity contribution is 7.92. The van der Waals surface area contributed by atoms with Gasteiger partial charge < -0.3 is 15.0 Å². The second-order valence-electron chi connectivity index (χ2n) is 11.1. The van der Waals surface area contributed by atoms with Crippen molar-refractivity contribution in [2.24, 2.45) is 0 Å². The van der Waals surface area contributed by atoms with Crippen molar-refractivity contribution in [1.29, 1.82) is 0 Å². The molecule has 3 aromatic carbocycles. The zero-order valence-electron chi connectivity index (χ0n) is 25.7. The number of rotatable bonds is 12. The minimum atomic E-state index is -4.61. The van der Waals surface area contributed by atoms with E-state index in [-0.39, 0.29) is 40.5 Å². The molecule has 1 aliphatic rings. The number of nitrogens with zero attached hydrogens (tertiary/aromatic N) is 3. The summed E-state index contributed by atoms with van der Waals surface area (Å²) in [7, 11) is -3.27. The molecule has 11 nitrogen and oxygen atoms in total. The van der Waals surface area contributed by atoms with E-state index < -0.39 is 44.0 Å². The fraction of sp³-hybridized carbons (Fsp3) is 0.375. The number of anilines is 1. The average Bonchev–Trinajstić information content (AvgIpc) is 3.52. The molecule has 0 bridgehead atoms. The number of hydrogen-bond acceptors (Lipinski definition) is 7. The van der Waals surface area contributed by atoms with Crippen LogP contribution in [0.2, 0.25) is 5.02 Å². The first-order chi connectivity index (χ1) is 21.3. The van der Waals surface area contributed by atoms with Gasteiger partial charge in [0.1, 0.15) is 18.3 Å². The molecular formula is C32H37ClN4O7S. The molecule has 1 saturated carbocycles. The van der Waals surface area contributed by atoms with Gasteiger partial charge in [-0.1, -0.05) is 54.8 Å². The highest BCUT2D eigenvalue weighted by atomic mass is 35.5. The second kappa shape index (κ2) is 14.3. The largest absolute Gasteiger partial charge is 0.495 e. The quantitative estimate of drug-likeness (QED) is 0.199. The summed E-state index contributed by atoms with van der Waals surface area (Å²) in [4.78, 5) is 39.7. The maximum Gasteiger partial charge on any atom is 0.273 e. The van der Waals surface area contributed by atoms with E-state index in [0.29, 0.717) is 0 Å². The fourth-order valence-corrected chi connectivity index (χ4v) is 6.99. The lowest BCUT2D eigenvalue weighted by atomic mass is 10.1. The minimum Gasteiger partial charge on any atom is -0.495 e. The van der Waals surface area contributed by atoms with Gasteiger partial charge in [0, 0.05) is 29.2 Å². The zero-order chi connectivity index (χ0) is 32.9. The third-order valence-electron chi connectivity index (χ3n) is 8.12. The molecule has 0 heterocycles. The number of sulfonamides is 1. The number of halogens is 1. The van der Waals surface area contributed by atoms with Gasteiger partial charge in [-0.15, -0.1) is 0 Å². The Labute approximate surface area is 268 Å². The van der Waals surface area contributed by atoms with Crippen molar-refractivity contribution < 1.29 is 27.7 Å². The Morgan fingerprint density at radius 2 is 1.76 bits per heavy atom. The molecule has 1 fully saturated rings. The molecule has 1 N–H and O–H groups in total. The SMILES string of the molecule is COc1ccc(Cl)cc1N(CC(=O)N(Cc1ccccc1C)[C@@H](C)C(=O)NC1CCCC1)S(=O)(=O)c1ccc(C)c([N+](=O)[O-])c1. The average molecular weight is 657 g/mol. The van der Waals surface area contributed by atoms with Crippen LogP contribution in [0, 0.1) is 24.0 Å². The van der Waals surface area contributed by atoms with Crippen LogP contribution in [-0.2, 0) is 26.2 Å². The molecule has 0 unspecified atom stereocenters. The Hall–Kier alpha value is -4.16. The van der Waals surface area contributed by atoms with Crippen molar-refractivity contribution in [1.82, 2.24) is 10.2 Å². The van der Waals surface area contributed by atoms with Crippen molar-refractivity contribution in [3.63, 3.8) is 0 Å². The molecule has 0 saturated heterocycles. The van der Waals surface area contributed by atoms with Crippen molar-refractivity contribution in [2.75, 3.05) is 18.0 Å². The summed E-state index contributed by atoms with van der Waals surface area (Å²) < 4.78 is 34.8. The molecule has 0 aromatic heterocycles. The first-order valence-electron chi connectivity index (χ1n) is 14.6.